The van der Waals surface area contributed by atoms with Crippen LogP contribution in [0.3, 0.4) is 0 Å². The largest absolute Gasteiger partial charge is 0.395 e. The van der Waals surface area contributed by atoms with Crippen LogP contribution in [0.25, 0.3) is 0 Å². The fourth-order valence-corrected chi connectivity index (χ4v) is 3.68. The average Bonchev–Trinajstić information content (AvgIpc) is 2.87. The standard InChI is InChI=1S/C14H18N2O3S/c1-12-5-6-16(11-12)20(18,19)14-8-13(9-15-10-14)4-2-3-7-17/h8-10,12,17H,3,5-7,11H2,1H3. The van der Waals surface area contributed by atoms with Crippen molar-refractivity contribution in [1.29, 1.82) is 0 Å². The first-order chi connectivity index (χ1) is 9.54. The second-order valence-electron chi connectivity index (χ2n) is 4.94. The maximum Gasteiger partial charge on any atom is 0.244 e. The van der Waals surface area contributed by atoms with Crippen LogP contribution in [-0.4, -0.2) is 42.5 Å². The topological polar surface area (TPSA) is 70.5 Å². The first kappa shape index (κ1) is 15.0. The molecule has 0 radical (unpaired) electrons. The van der Waals surface area contributed by atoms with Gasteiger partial charge in [-0.15, -0.1) is 0 Å². The highest BCUT2D eigenvalue weighted by Crippen LogP contribution is 2.23. The lowest BCUT2D eigenvalue weighted by molar-refractivity contribution is 0.305. The summed E-state index contributed by atoms with van der Waals surface area (Å²) in [6.45, 7) is 3.15. The maximum absolute atomic E-state index is 12.5. The van der Waals surface area contributed by atoms with Crippen LogP contribution in [0.5, 0.6) is 0 Å². The molecule has 0 spiro atoms. The van der Waals surface area contributed by atoms with Gasteiger partial charge in [-0.1, -0.05) is 18.8 Å². The van der Waals surface area contributed by atoms with Gasteiger partial charge in [-0.25, -0.2) is 8.42 Å². The van der Waals surface area contributed by atoms with Crippen molar-refractivity contribution in [2.45, 2.75) is 24.7 Å². The predicted molar refractivity (Wildman–Crippen MR) is 75.4 cm³/mol. The van der Waals surface area contributed by atoms with Gasteiger partial charge in [-0.2, -0.15) is 4.31 Å². The van der Waals surface area contributed by atoms with E-state index in [0.717, 1.165) is 6.42 Å². The molecule has 1 aromatic heterocycles. The Kier molecular flexibility index (Phi) is 4.76. The number of hydrogen-bond acceptors (Lipinski definition) is 4. The van der Waals surface area contributed by atoms with Crippen molar-refractivity contribution < 1.29 is 13.5 Å². The highest BCUT2D eigenvalue weighted by atomic mass is 32.2. The molecule has 0 bridgehead atoms. The number of pyridine rings is 1. The second-order valence-corrected chi connectivity index (χ2v) is 6.88. The van der Waals surface area contributed by atoms with E-state index in [-0.39, 0.29) is 11.5 Å². The van der Waals surface area contributed by atoms with Crippen molar-refractivity contribution in [3.63, 3.8) is 0 Å². The summed E-state index contributed by atoms with van der Waals surface area (Å²) in [4.78, 5) is 4.13. The van der Waals surface area contributed by atoms with E-state index in [9.17, 15) is 8.42 Å². The Morgan fingerprint density at radius 1 is 1.50 bits per heavy atom. The summed E-state index contributed by atoms with van der Waals surface area (Å²) in [7, 11) is -3.47. The molecule has 0 amide bonds. The molecule has 0 aliphatic carbocycles. The van der Waals surface area contributed by atoms with E-state index in [1.807, 2.05) is 6.92 Å². The molecule has 1 aromatic rings. The van der Waals surface area contributed by atoms with Gasteiger partial charge in [-0.3, -0.25) is 4.98 Å². The van der Waals surface area contributed by atoms with E-state index >= 15 is 0 Å². The van der Waals surface area contributed by atoms with E-state index < -0.39 is 10.0 Å². The maximum atomic E-state index is 12.5. The summed E-state index contributed by atoms with van der Waals surface area (Å²) in [6, 6.07) is 1.54. The lowest BCUT2D eigenvalue weighted by atomic mass is 10.2. The first-order valence-corrected chi connectivity index (χ1v) is 8.03. The molecule has 1 aliphatic rings. The zero-order valence-corrected chi connectivity index (χ0v) is 12.2. The summed E-state index contributed by atoms with van der Waals surface area (Å²) in [5.74, 6) is 5.95. The molecule has 2 rings (SSSR count). The molecule has 1 N–H and O–H groups in total. The normalized spacial score (nSPS) is 19.6. The number of aliphatic hydroxyl groups excluding tert-OH is 1. The zero-order chi connectivity index (χ0) is 14.6. The summed E-state index contributed by atoms with van der Waals surface area (Å²) in [6.07, 6.45) is 4.13. The zero-order valence-electron chi connectivity index (χ0n) is 11.4. The molecule has 20 heavy (non-hydrogen) atoms. The van der Waals surface area contributed by atoms with E-state index in [1.165, 1.54) is 22.8 Å². The summed E-state index contributed by atoms with van der Waals surface area (Å²) < 4.78 is 26.4. The van der Waals surface area contributed by atoms with Crippen molar-refractivity contribution in [2.24, 2.45) is 5.92 Å². The number of sulfonamides is 1. The van der Waals surface area contributed by atoms with Gasteiger partial charge >= 0.3 is 0 Å². The van der Waals surface area contributed by atoms with Gasteiger partial charge in [0.15, 0.2) is 0 Å². The van der Waals surface area contributed by atoms with Crippen LogP contribution in [0.15, 0.2) is 23.4 Å². The Hall–Kier alpha value is -1.42. The van der Waals surface area contributed by atoms with E-state index in [1.54, 1.807) is 0 Å². The molecule has 0 saturated carbocycles. The van der Waals surface area contributed by atoms with Crippen LogP contribution >= 0.6 is 0 Å². The van der Waals surface area contributed by atoms with Gasteiger partial charge in [0.2, 0.25) is 10.0 Å². The fourth-order valence-electron chi connectivity index (χ4n) is 2.11. The molecule has 108 valence electrons. The molecular formula is C14H18N2O3S. The fraction of sp³-hybridized carbons (Fsp3) is 0.500. The molecule has 1 unspecified atom stereocenters. The predicted octanol–water partition coefficient (Wildman–Crippen LogP) is 0.846. The number of hydrogen-bond donors (Lipinski definition) is 1. The van der Waals surface area contributed by atoms with Crippen LogP contribution in [-0.2, 0) is 10.0 Å². The van der Waals surface area contributed by atoms with Crippen LogP contribution in [0.2, 0.25) is 0 Å². The average molecular weight is 294 g/mol. The van der Waals surface area contributed by atoms with Crippen molar-refractivity contribution in [1.82, 2.24) is 9.29 Å². The summed E-state index contributed by atoms with van der Waals surface area (Å²) in [5, 5.41) is 8.68. The lowest BCUT2D eigenvalue weighted by Crippen LogP contribution is -2.28. The van der Waals surface area contributed by atoms with Gasteiger partial charge < -0.3 is 5.11 Å². The van der Waals surface area contributed by atoms with Crippen LogP contribution < -0.4 is 0 Å². The third-order valence-corrected chi connectivity index (χ3v) is 5.04. The van der Waals surface area contributed by atoms with Gasteiger partial charge in [0, 0.05) is 37.5 Å². The molecule has 5 nitrogen and oxygen atoms in total. The highest BCUT2D eigenvalue weighted by Gasteiger charge is 2.30. The number of aromatic nitrogens is 1. The van der Waals surface area contributed by atoms with Gasteiger partial charge in [0.1, 0.15) is 4.90 Å². The minimum absolute atomic E-state index is 0.00984. The van der Waals surface area contributed by atoms with Gasteiger partial charge in [0.25, 0.3) is 0 Å². The Morgan fingerprint density at radius 3 is 2.95 bits per heavy atom. The molecular weight excluding hydrogens is 276 g/mol. The lowest BCUT2D eigenvalue weighted by Gasteiger charge is -2.15. The molecule has 0 aromatic carbocycles. The third kappa shape index (κ3) is 3.37. The quantitative estimate of drug-likeness (QED) is 0.839. The number of rotatable bonds is 3. The Balaban J connectivity index is 2.24. The van der Waals surface area contributed by atoms with E-state index in [0.29, 0.717) is 31.0 Å². The molecule has 1 fully saturated rings. The molecule has 6 heteroatoms. The van der Waals surface area contributed by atoms with Crippen LogP contribution in [0.4, 0.5) is 0 Å². The second kappa shape index (κ2) is 6.35. The van der Waals surface area contributed by atoms with Crippen molar-refractivity contribution >= 4 is 10.0 Å². The minimum Gasteiger partial charge on any atom is -0.395 e. The summed E-state index contributed by atoms with van der Waals surface area (Å²) >= 11 is 0. The molecule has 1 atom stereocenters. The molecule has 1 saturated heterocycles. The van der Waals surface area contributed by atoms with Gasteiger partial charge in [0.05, 0.1) is 6.61 Å². The number of nitrogens with zero attached hydrogens (tertiary/aromatic N) is 2. The highest BCUT2D eigenvalue weighted by molar-refractivity contribution is 7.89. The van der Waals surface area contributed by atoms with Crippen molar-refractivity contribution in [3.05, 3.63) is 24.0 Å². The molecule has 1 aliphatic heterocycles. The first-order valence-electron chi connectivity index (χ1n) is 6.59. The SMILES string of the molecule is CC1CCN(S(=O)(=O)c2cncc(C#CCCO)c2)C1. The van der Waals surface area contributed by atoms with Gasteiger partial charge in [-0.05, 0) is 18.4 Å². The monoisotopic (exact) mass is 294 g/mol. The minimum atomic E-state index is -3.47. The number of aliphatic hydroxyl groups is 1. The Labute approximate surface area is 119 Å². The Bertz CT molecular complexity index is 631. The van der Waals surface area contributed by atoms with Crippen molar-refractivity contribution in [3.8, 4) is 11.8 Å². The smallest absolute Gasteiger partial charge is 0.244 e. The van der Waals surface area contributed by atoms with E-state index in [4.69, 9.17) is 5.11 Å². The summed E-state index contributed by atoms with van der Waals surface area (Å²) in [5.41, 5.74) is 0.548. The van der Waals surface area contributed by atoms with Crippen molar-refractivity contribution in [2.75, 3.05) is 19.7 Å². The van der Waals surface area contributed by atoms with E-state index in [2.05, 4.69) is 16.8 Å². The van der Waals surface area contributed by atoms with Crippen LogP contribution in [0.1, 0.15) is 25.3 Å². The third-order valence-electron chi connectivity index (χ3n) is 3.21. The molecule has 2 heterocycles. The Morgan fingerprint density at radius 2 is 2.30 bits per heavy atom. The van der Waals surface area contributed by atoms with Crippen LogP contribution in [0, 0.1) is 17.8 Å².